The molecule has 0 radical (unpaired) electrons. The molecule has 7 heteroatoms. The molecular formula is C17H18ClN3O3. The van der Waals surface area contributed by atoms with E-state index in [2.05, 4.69) is 5.10 Å². The molecule has 0 aliphatic carbocycles. The smallest absolute Gasteiger partial charge is 0.308 e. The maximum atomic E-state index is 12.7. The highest BCUT2D eigenvalue weighted by atomic mass is 35.5. The van der Waals surface area contributed by atoms with Gasteiger partial charge in [0, 0.05) is 24.8 Å². The van der Waals surface area contributed by atoms with Crippen molar-refractivity contribution in [1.29, 1.82) is 0 Å². The molecule has 2 aromatic rings. The molecule has 6 nitrogen and oxygen atoms in total. The first-order valence-corrected chi connectivity index (χ1v) is 8.18. The van der Waals surface area contributed by atoms with E-state index < -0.39 is 11.9 Å². The molecule has 24 heavy (non-hydrogen) atoms. The van der Waals surface area contributed by atoms with Gasteiger partial charge in [0.05, 0.1) is 16.6 Å². The Bertz CT molecular complexity index is 787. The first-order valence-electron chi connectivity index (χ1n) is 7.80. The quantitative estimate of drug-likeness (QED) is 0.926. The second-order valence-corrected chi connectivity index (χ2v) is 6.39. The van der Waals surface area contributed by atoms with Crippen LogP contribution in [-0.4, -0.2) is 44.8 Å². The number of halogens is 1. The Morgan fingerprint density at radius 2 is 2.08 bits per heavy atom. The molecule has 1 aromatic heterocycles. The Hall–Kier alpha value is -2.34. The summed E-state index contributed by atoms with van der Waals surface area (Å²) in [6.45, 7) is 2.60. The lowest BCUT2D eigenvalue weighted by atomic mass is 9.98. The maximum Gasteiger partial charge on any atom is 0.308 e. The van der Waals surface area contributed by atoms with Gasteiger partial charge in [-0.1, -0.05) is 23.7 Å². The van der Waals surface area contributed by atoms with Crippen molar-refractivity contribution in [3.63, 3.8) is 0 Å². The molecule has 1 fully saturated rings. The number of para-hydroxylation sites is 1. The lowest BCUT2D eigenvalue weighted by Gasteiger charge is -2.30. The summed E-state index contributed by atoms with van der Waals surface area (Å²) in [5.74, 6) is -1.59. The molecule has 1 aliphatic rings. The Morgan fingerprint density at radius 3 is 2.79 bits per heavy atom. The first-order chi connectivity index (χ1) is 11.5. The number of carboxylic acid groups (broad SMARTS) is 1. The summed E-state index contributed by atoms with van der Waals surface area (Å²) in [5.41, 5.74) is 1.77. The van der Waals surface area contributed by atoms with Gasteiger partial charge in [0.15, 0.2) is 5.69 Å². The lowest BCUT2D eigenvalue weighted by molar-refractivity contribution is -0.143. The Morgan fingerprint density at radius 1 is 1.33 bits per heavy atom. The van der Waals surface area contributed by atoms with E-state index in [0.717, 1.165) is 5.56 Å². The van der Waals surface area contributed by atoms with Gasteiger partial charge in [-0.05, 0) is 31.9 Å². The van der Waals surface area contributed by atoms with E-state index in [9.17, 15) is 14.7 Å². The van der Waals surface area contributed by atoms with Gasteiger partial charge in [0.1, 0.15) is 0 Å². The SMILES string of the molecule is Cc1cn(-c2ccccc2Cl)nc1C(=O)N1CCCC(C(=O)O)C1. The second-order valence-electron chi connectivity index (χ2n) is 5.99. The van der Waals surface area contributed by atoms with Crippen LogP contribution >= 0.6 is 11.6 Å². The number of benzene rings is 1. The van der Waals surface area contributed by atoms with Crippen molar-refractivity contribution in [2.45, 2.75) is 19.8 Å². The monoisotopic (exact) mass is 347 g/mol. The minimum absolute atomic E-state index is 0.229. The van der Waals surface area contributed by atoms with Crippen LogP contribution in [0.15, 0.2) is 30.5 Å². The molecule has 1 amide bonds. The predicted molar refractivity (Wildman–Crippen MR) is 89.6 cm³/mol. The van der Waals surface area contributed by atoms with E-state index in [1.807, 2.05) is 25.1 Å². The summed E-state index contributed by atoms with van der Waals surface area (Å²) >= 11 is 6.18. The Labute approximate surface area is 144 Å². The highest BCUT2D eigenvalue weighted by Gasteiger charge is 2.30. The number of carbonyl (C=O) groups excluding carboxylic acids is 1. The van der Waals surface area contributed by atoms with Crippen molar-refractivity contribution in [2.24, 2.45) is 5.92 Å². The van der Waals surface area contributed by atoms with Crippen LogP contribution in [0.25, 0.3) is 5.69 Å². The zero-order valence-corrected chi connectivity index (χ0v) is 14.0. The number of hydrogen-bond acceptors (Lipinski definition) is 3. The molecule has 0 saturated carbocycles. The standard InChI is InChI=1S/C17H18ClN3O3/c1-11-9-21(14-7-3-2-6-13(14)18)19-15(11)16(22)20-8-4-5-12(10-20)17(23)24/h2-3,6-7,9,12H,4-5,8,10H2,1H3,(H,23,24). The van der Waals surface area contributed by atoms with Crippen molar-refractivity contribution in [2.75, 3.05) is 13.1 Å². The molecule has 0 bridgehead atoms. The number of carbonyl (C=O) groups is 2. The van der Waals surface area contributed by atoms with Crippen molar-refractivity contribution < 1.29 is 14.7 Å². The van der Waals surface area contributed by atoms with Crippen molar-refractivity contribution in [3.05, 3.63) is 46.7 Å². The van der Waals surface area contributed by atoms with Gasteiger partial charge in [0.2, 0.25) is 0 Å². The largest absolute Gasteiger partial charge is 0.481 e. The summed E-state index contributed by atoms with van der Waals surface area (Å²) in [7, 11) is 0. The third kappa shape index (κ3) is 3.14. The molecule has 1 N–H and O–H groups in total. The molecule has 1 saturated heterocycles. The molecule has 1 atom stereocenters. The number of carboxylic acids is 1. The van der Waals surface area contributed by atoms with Gasteiger partial charge >= 0.3 is 5.97 Å². The van der Waals surface area contributed by atoms with E-state index in [0.29, 0.717) is 35.8 Å². The summed E-state index contributed by atoms with van der Waals surface area (Å²) in [5, 5.41) is 14.1. The predicted octanol–water partition coefficient (Wildman–Crippen LogP) is 2.77. The van der Waals surface area contributed by atoms with E-state index in [4.69, 9.17) is 11.6 Å². The van der Waals surface area contributed by atoms with Crippen LogP contribution in [0.4, 0.5) is 0 Å². The fourth-order valence-corrected chi connectivity index (χ4v) is 3.17. The third-order valence-corrected chi connectivity index (χ3v) is 4.58. The Kier molecular flexibility index (Phi) is 4.57. The highest BCUT2D eigenvalue weighted by Crippen LogP contribution is 2.23. The fourth-order valence-electron chi connectivity index (χ4n) is 2.95. The lowest BCUT2D eigenvalue weighted by Crippen LogP contribution is -2.42. The maximum absolute atomic E-state index is 12.7. The number of likely N-dealkylation sites (tertiary alicyclic amines) is 1. The molecule has 1 unspecified atom stereocenters. The zero-order chi connectivity index (χ0) is 17.3. The summed E-state index contributed by atoms with van der Waals surface area (Å²) in [6.07, 6.45) is 3.05. The van der Waals surface area contributed by atoms with Crippen LogP contribution in [0, 0.1) is 12.8 Å². The fraction of sp³-hybridized carbons (Fsp3) is 0.353. The van der Waals surface area contributed by atoms with Gasteiger partial charge in [-0.15, -0.1) is 0 Å². The van der Waals surface area contributed by atoms with Crippen LogP contribution < -0.4 is 0 Å². The summed E-state index contributed by atoms with van der Waals surface area (Å²) in [4.78, 5) is 25.5. The zero-order valence-electron chi connectivity index (χ0n) is 13.3. The molecule has 126 valence electrons. The van der Waals surface area contributed by atoms with Crippen molar-refractivity contribution in [3.8, 4) is 5.69 Å². The minimum Gasteiger partial charge on any atom is -0.481 e. The van der Waals surface area contributed by atoms with Gasteiger partial charge < -0.3 is 10.0 Å². The molecule has 0 spiro atoms. The van der Waals surface area contributed by atoms with E-state index in [1.165, 1.54) is 0 Å². The average Bonchev–Trinajstić information content (AvgIpc) is 2.96. The minimum atomic E-state index is -0.856. The molecule has 2 heterocycles. The highest BCUT2D eigenvalue weighted by molar-refractivity contribution is 6.32. The number of hydrogen-bond donors (Lipinski definition) is 1. The number of nitrogens with zero attached hydrogens (tertiary/aromatic N) is 3. The van der Waals surface area contributed by atoms with E-state index in [1.54, 1.807) is 21.8 Å². The number of aryl methyl sites for hydroxylation is 1. The number of amides is 1. The number of aromatic nitrogens is 2. The topological polar surface area (TPSA) is 75.4 Å². The normalized spacial score (nSPS) is 17.8. The van der Waals surface area contributed by atoms with E-state index >= 15 is 0 Å². The molecule has 1 aromatic carbocycles. The van der Waals surface area contributed by atoms with Crippen molar-refractivity contribution >= 4 is 23.5 Å². The van der Waals surface area contributed by atoms with Gasteiger partial charge in [-0.25, -0.2) is 4.68 Å². The van der Waals surface area contributed by atoms with Crippen LogP contribution in [0.2, 0.25) is 5.02 Å². The van der Waals surface area contributed by atoms with Crippen molar-refractivity contribution in [1.82, 2.24) is 14.7 Å². The van der Waals surface area contributed by atoms with Crippen LogP contribution in [-0.2, 0) is 4.79 Å². The van der Waals surface area contributed by atoms with Gasteiger partial charge in [-0.3, -0.25) is 9.59 Å². The van der Waals surface area contributed by atoms with E-state index in [-0.39, 0.29) is 12.5 Å². The number of rotatable bonds is 3. The first kappa shape index (κ1) is 16.5. The molecule has 3 rings (SSSR count). The van der Waals surface area contributed by atoms with Crippen LogP contribution in [0.3, 0.4) is 0 Å². The summed E-state index contributed by atoms with van der Waals surface area (Å²) in [6, 6.07) is 7.26. The number of aliphatic carboxylic acids is 1. The van der Waals surface area contributed by atoms with Crippen LogP contribution in [0.1, 0.15) is 28.9 Å². The van der Waals surface area contributed by atoms with Crippen LogP contribution in [0.5, 0.6) is 0 Å². The average molecular weight is 348 g/mol. The van der Waals surface area contributed by atoms with Gasteiger partial charge in [-0.2, -0.15) is 5.10 Å². The molecular weight excluding hydrogens is 330 g/mol. The third-order valence-electron chi connectivity index (χ3n) is 4.26. The Balaban J connectivity index is 1.86. The van der Waals surface area contributed by atoms with Gasteiger partial charge in [0.25, 0.3) is 5.91 Å². The number of piperidine rings is 1. The summed E-state index contributed by atoms with van der Waals surface area (Å²) < 4.78 is 1.59. The molecule has 1 aliphatic heterocycles. The second kappa shape index (κ2) is 6.65.